The van der Waals surface area contributed by atoms with Crippen LogP contribution >= 0.6 is 23.2 Å². The molecule has 16 heteroatoms. The minimum absolute atomic E-state index is 0.0702. The first-order chi connectivity index (χ1) is 28.5. The zero-order valence-electron chi connectivity index (χ0n) is 33.8. The number of sulfonamides is 1. The van der Waals surface area contributed by atoms with Crippen molar-refractivity contribution in [3.05, 3.63) is 122 Å². The summed E-state index contributed by atoms with van der Waals surface area (Å²) in [7, 11) is -2.75. The fourth-order valence-electron chi connectivity index (χ4n) is 8.16. The van der Waals surface area contributed by atoms with Gasteiger partial charge in [0, 0.05) is 67.3 Å². The molecule has 7 rings (SSSR count). The van der Waals surface area contributed by atoms with Gasteiger partial charge >= 0.3 is 0 Å². The number of benzene rings is 4. The summed E-state index contributed by atoms with van der Waals surface area (Å²) in [6.07, 6.45) is 4.76. The van der Waals surface area contributed by atoms with Crippen LogP contribution in [0.25, 0.3) is 5.57 Å². The van der Waals surface area contributed by atoms with E-state index in [9.17, 15) is 27.7 Å². The maximum Gasteiger partial charge on any atom is 0.291 e. The smallest absolute Gasteiger partial charge is 0.291 e. The largest absolute Gasteiger partial charge is 0.455 e. The lowest BCUT2D eigenvalue weighted by atomic mass is 9.72. The molecule has 4 aromatic carbocycles. The number of nitrogens with one attached hydrogen (secondary N) is 2. The van der Waals surface area contributed by atoms with E-state index in [1.54, 1.807) is 12.1 Å². The molecule has 0 spiro atoms. The van der Waals surface area contributed by atoms with Gasteiger partial charge in [-0.05, 0) is 117 Å². The van der Waals surface area contributed by atoms with E-state index in [0.717, 1.165) is 83.0 Å². The number of ether oxygens (including phenoxy) is 1. The first-order valence-corrected chi connectivity index (χ1v) is 22.3. The number of nitrogens with zero attached hydrogens (tertiary/aromatic N) is 4. The highest BCUT2D eigenvalue weighted by molar-refractivity contribution is 7.90. The number of carbonyl (C=O) groups is 1. The molecule has 0 bridgehead atoms. The molecule has 2 saturated heterocycles. The Morgan fingerprint density at radius 2 is 1.67 bits per heavy atom. The summed E-state index contributed by atoms with van der Waals surface area (Å²) in [5.41, 5.74) is 4.43. The molecule has 4 aromatic rings. The Bertz CT molecular complexity index is 2400. The Morgan fingerprint density at radius 1 is 0.950 bits per heavy atom. The van der Waals surface area contributed by atoms with Crippen molar-refractivity contribution in [2.45, 2.75) is 56.9 Å². The van der Waals surface area contributed by atoms with E-state index in [0.29, 0.717) is 29.5 Å². The van der Waals surface area contributed by atoms with Crippen LogP contribution < -0.4 is 19.7 Å². The van der Waals surface area contributed by atoms with Crippen molar-refractivity contribution in [3.8, 4) is 11.5 Å². The number of piperidine rings is 1. The average molecular weight is 880 g/mol. The first kappa shape index (κ1) is 43.4. The molecule has 2 N–H and O–H groups in total. The van der Waals surface area contributed by atoms with Crippen LogP contribution in [0.2, 0.25) is 10.0 Å². The second-order valence-electron chi connectivity index (χ2n) is 16.6. The summed E-state index contributed by atoms with van der Waals surface area (Å²) in [6, 6.07) is 20.6. The van der Waals surface area contributed by atoms with Crippen LogP contribution in [-0.4, -0.2) is 88.0 Å². The summed E-state index contributed by atoms with van der Waals surface area (Å²) in [5.74, 6) is -2.01. The fraction of sp³-hybridized carbons (Fsp3) is 0.386. The number of nitro groups is 1. The summed E-state index contributed by atoms with van der Waals surface area (Å²) in [5, 5.41) is 15.8. The van der Waals surface area contributed by atoms with Gasteiger partial charge in [-0.25, -0.2) is 17.5 Å². The van der Waals surface area contributed by atoms with Crippen LogP contribution in [0.15, 0.2) is 89.3 Å². The van der Waals surface area contributed by atoms with Crippen molar-refractivity contribution in [2.75, 3.05) is 63.1 Å². The Hall–Kier alpha value is -4.73. The molecule has 1 aliphatic carbocycles. The highest BCUT2D eigenvalue weighted by atomic mass is 35.5. The number of rotatable bonds is 12. The van der Waals surface area contributed by atoms with Gasteiger partial charge in [0.15, 0.2) is 4.90 Å². The summed E-state index contributed by atoms with van der Waals surface area (Å²) < 4.78 is 49.9. The SMILES string of the molecule is CN1CCC(Nc2ccc(S(=O)(=O)NC(=O)c3ccc(N4CCN(CC5=C(c6ccc(Cl)cc6)CC(C)(C)CC5)CC4)cc3Oc3cccc(F)c3Cl)c([N+](=O)[O-])c2)CC1. The van der Waals surface area contributed by atoms with Crippen LogP contribution in [0.5, 0.6) is 11.5 Å². The normalized spacial score (nSPS) is 18.0. The Morgan fingerprint density at radius 3 is 2.37 bits per heavy atom. The van der Waals surface area contributed by atoms with E-state index >= 15 is 0 Å². The van der Waals surface area contributed by atoms with Crippen LogP contribution in [0.1, 0.15) is 61.9 Å². The number of halogens is 3. The third-order valence-corrected chi connectivity index (χ3v) is 13.6. The van der Waals surface area contributed by atoms with Crippen LogP contribution in [0.3, 0.4) is 0 Å². The van der Waals surface area contributed by atoms with Crippen LogP contribution in [-0.2, 0) is 10.0 Å². The summed E-state index contributed by atoms with van der Waals surface area (Å²) in [6.45, 7) is 10.0. The molecule has 0 saturated carbocycles. The highest BCUT2D eigenvalue weighted by Gasteiger charge is 2.32. The van der Waals surface area contributed by atoms with Crippen molar-refractivity contribution >= 4 is 61.8 Å². The molecule has 2 aliphatic heterocycles. The number of allylic oxidation sites excluding steroid dienone is 1. The molecular formula is C44H49Cl2FN6O6S. The number of anilines is 2. The van der Waals surface area contributed by atoms with Gasteiger partial charge < -0.3 is 19.9 Å². The van der Waals surface area contributed by atoms with Crippen LogP contribution in [0.4, 0.5) is 21.5 Å². The fourth-order valence-corrected chi connectivity index (χ4v) is 9.57. The van der Waals surface area contributed by atoms with Gasteiger partial charge in [-0.1, -0.05) is 60.8 Å². The van der Waals surface area contributed by atoms with Gasteiger partial charge in [-0.2, -0.15) is 0 Å². The molecule has 12 nitrogen and oxygen atoms in total. The summed E-state index contributed by atoms with van der Waals surface area (Å²) in [4.78, 5) is 31.3. The Kier molecular flexibility index (Phi) is 13.1. The van der Waals surface area contributed by atoms with Crippen molar-refractivity contribution in [3.63, 3.8) is 0 Å². The Labute approximate surface area is 360 Å². The zero-order chi connectivity index (χ0) is 42.8. The molecule has 0 atom stereocenters. The molecule has 0 aromatic heterocycles. The maximum atomic E-state index is 14.5. The Balaban J connectivity index is 1.10. The predicted octanol–water partition coefficient (Wildman–Crippen LogP) is 9.24. The van der Waals surface area contributed by atoms with Gasteiger partial charge in [0.2, 0.25) is 0 Å². The van der Waals surface area contributed by atoms with Gasteiger partial charge in [0.1, 0.15) is 22.3 Å². The van der Waals surface area contributed by atoms with Gasteiger partial charge in [-0.3, -0.25) is 19.8 Å². The molecule has 2 heterocycles. The maximum absolute atomic E-state index is 14.5. The number of likely N-dealkylation sites (tertiary alicyclic amines) is 1. The van der Waals surface area contributed by atoms with Gasteiger partial charge in [-0.15, -0.1) is 0 Å². The second-order valence-corrected chi connectivity index (χ2v) is 19.1. The van der Waals surface area contributed by atoms with Crippen molar-refractivity contribution in [1.82, 2.24) is 14.5 Å². The molecular weight excluding hydrogens is 830 g/mol. The number of amides is 1. The third-order valence-electron chi connectivity index (χ3n) is 11.6. The number of nitro benzene ring substituents is 1. The highest BCUT2D eigenvalue weighted by Crippen LogP contribution is 2.44. The van der Waals surface area contributed by atoms with E-state index in [1.807, 2.05) is 23.9 Å². The van der Waals surface area contributed by atoms with E-state index in [4.69, 9.17) is 27.9 Å². The van der Waals surface area contributed by atoms with Crippen molar-refractivity contribution < 1.29 is 27.3 Å². The van der Waals surface area contributed by atoms with Crippen molar-refractivity contribution in [1.29, 1.82) is 0 Å². The number of piperazine rings is 1. The van der Waals surface area contributed by atoms with Gasteiger partial charge in [0.25, 0.3) is 21.6 Å². The van der Waals surface area contributed by atoms with Gasteiger partial charge in [0.05, 0.1) is 10.5 Å². The quantitative estimate of drug-likeness (QED) is 0.105. The standard InChI is InChI=1S/C44H49Cl2FN6O6S/c1-44(2)18-15-30(36(27-44)29-7-9-31(45)10-8-29)28-51-21-23-52(24-22-51)34-12-13-35(40(26-34)59-39-6-4-5-37(47)42(39)46)43(54)49-60(57,58)41-14-11-33(25-38(41)53(55)56)48-32-16-19-50(3)20-17-32/h4-14,25-26,32,48H,15-24,27-28H2,1-3H3,(H,49,54). The predicted molar refractivity (Wildman–Crippen MR) is 234 cm³/mol. The van der Waals surface area contributed by atoms with E-state index in [2.05, 4.69) is 46.0 Å². The third kappa shape index (κ3) is 10.2. The molecule has 3 aliphatic rings. The molecule has 0 unspecified atom stereocenters. The lowest BCUT2D eigenvalue weighted by Crippen LogP contribution is -2.47. The topological polar surface area (TPSA) is 137 Å². The lowest BCUT2D eigenvalue weighted by Gasteiger charge is -2.39. The van der Waals surface area contributed by atoms with Crippen LogP contribution in [0, 0.1) is 21.3 Å². The summed E-state index contributed by atoms with van der Waals surface area (Å²) >= 11 is 12.5. The minimum Gasteiger partial charge on any atom is -0.455 e. The molecule has 60 heavy (non-hydrogen) atoms. The van der Waals surface area contributed by atoms with E-state index in [-0.39, 0.29) is 33.5 Å². The monoisotopic (exact) mass is 878 g/mol. The average Bonchev–Trinajstić information content (AvgIpc) is 3.21. The minimum atomic E-state index is -4.77. The second kappa shape index (κ2) is 18.1. The molecule has 318 valence electrons. The van der Waals surface area contributed by atoms with E-state index in [1.165, 1.54) is 41.0 Å². The molecule has 2 fully saturated rings. The van der Waals surface area contributed by atoms with Crippen molar-refractivity contribution in [2.24, 2.45) is 5.41 Å². The zero-order valence-corrected chi connectivity index (χ0v) is 36.2. The molecule has 1 amide bonds. The lowest BCUT2D eigenvalue weighted by molar-refractivity contribution is -0.387. The first-order valence-electron chi connectivity index (χ1n) is 20.1. The molecule has 0 radical (unpaired) electrons. The van der Waals surface area contributed by atoms with E-state index < -0.39 is 37.3 Å². The number of hydrogen-bond donors (Lipinski definition) is 2. The number of carbonyl (C=O) groups excluding carboxylic acids is 1. The number of hydrogen-bond acceptors (Lipinski definition) is 10.